The fourth-order valence-electron chi connectivity index (χ4n) is 3.33. The molecule has 1 aliphatic heterocycles. The van der Waals surface area contributed by atoms with Crippen molar-refractivity contribution in [3.8, 4) is 5.75 Å². The minimum Gasteiger partial charge on any atom is -0.492 e. The van der Waals surface area contributed by atoms with Gasteiger partial charge in [0.25, 0.3) is 5.91 Å². The second kappa shape index (κ2) is 12.6. The van der Waals surface area contributed by atoms with E-state index in [-0.39, 0.29) is 30.7 Å². The molecule has 1 fully saturated rings. The molecule has 0 radical (unpaired) electrons. The van der Waals surface area contributed by atoms with Crippen LogP contribution in [-0.4, -0.2) is 56.2 Å². The van der Waals surface area contributed by atoms with Crippen LogP contribution in [0.2, 0.25) is 0 Å². The zero-order valence-corrected chi connectivity index (χ0v) is 19.2. The lowest BCUT2D eigenvalue weighted by molar-refractivity contribution is 0.102. The van der Waals surface area contributed by atoms with Crippen molar-refractivity contribution in [3.63, 3.8) is 0 Å². The normalized spacial score (nSPS) is 13.9. The van der Waals surface area contributed by atoms with Crippen LogP contribution >= 0.6 is 24.8 Å². The van der Waals surface area contributed by atoms with Crippen molar-refractivity contribution in [2.24, 2.45) is 5.73 Å². The van der Waals surface area contributed by atoms with Crippen LogP contribution in [0.15, 0.2) is 48.5 Å². The highest BCUT2D eigenvalue weighted by atomic mass is 35.5. The third-order valence-electron chi connectivity index (χ3n) is 5.04. The van der Waals surface area contributed by atoms with E-state index in [2.05, 4.69) is 29.0 Å². The van der Waals surface area contributed by atoms with Gasteiger partial charge in [-0.05, 0) is 62.4 Å². The van der Waals surface area contributed by atoms with Gasteiger partial charge in [0.05, 0.1) is 0 Å². The van der Waals surface area contributed by atoms with Gasteiger partial charge in [0.2, 0.25) is 0 Å². The SMILES string of the molecule is CC(C)N1CCN(c2ccc(C(=O)Nc3ccc(OCCN)cc3)cc2)CC1.Cl.Cl. The molecule has 166 valence electrons. The summed E-state index contributed by atoms with van der Waals surface area (Å²) in [7, 11) is 0. The van der Waals surface area contributed by atoms with Crippen LogP contribution in [0.25, 0.3) is 0 Å². The number of piperazine rings is 1. The highest BCUT2D eigenvalue weighted by Gasteiger charge is 2.19. The van der Waals surface area contributed by atoms with Gasteiger partial charge in [0, 0.05) is 55.7 Å². The Hall–Kier alpha value is -1.99. The molecule has 1 saturated heterocycles. The predicted octanol–water partition coefficient (Wildman–Crippen LogP) is 3.65. The smallest absolute Gasteiger partial charge is 0.255 e. The number of halogens is 2. The largest absolute Gasteiger partial charge is 0.492 e. The Balaban J connectivity index is 0.00000225. The number of benzene rings is 2. The zero-order valence-electron chi connectivity index (χ0n) is 17.5. The number of nitrogens with two attached hydrogens (primary N) is 1. The number of hydrogen-bond acceptors (Lipinski definition) is 5. The maximum atomic E-state index is 12.5. The van der Waals surface area contributed by atoms with Gasteiger partial charge in [-0.25, -0.2) is 0 Å². The highest BCUT2D eigenvalue weighted by Crippen LogP contribution is 2.20. The van der Waals surface area contributed by atoms with E-state index < -0.39 is 0 Å². The van der Waals surface area contributed by atoms with E-state index >= 15 is 0 Å². The summed E-state index contributed by atoms with van der Waals surface area (Å²) in [6.07, 6.45) is 0. The Morgan fingerprint density at radius 3 is 2.13 bits per heavy atom. The predicted molar refractivity (Wildman–Crippen MR) is 129 cm³/mol. The van der Waals surface area contributed by atoms with Crippen LogP contribution < -0.4 is 20.7 Å². The highest BCUT2D eigenvalue weighted by molar-refractivity contribution is 6.04. The number of rotatable bonds is 7. The molecule has 8 heteroatoms. The minimum atomic E-state index is -0.119. The molecule has 0 unspecified atom stereocenters. The molecule has 0 aliphatic carbocycles. The molecule has 0 bridgehead atoms. The molecule has 1 amide bonds. The Morgan fingerprint density at radius 1 is 1.00 bits per heavy atom. The lowest BCUT2D eigenvalue weighted by atomic mass is 10.1. The second-order valence-electron chi connectivity index (χ2n) is 7.28. The summed E-state index contributed by atoms with van der Waals surface area (Å²) in [5.74, 6) is 0.622. The van der Waals surface area contributed by atoms with E-state index in [1.54, 1.807) is 0 Å². The minimum absolute atomic E-state index is 0. The Morgan fingerprint density at radius 2 is 1.60 bits per heavy atom. The number of hydrogen-bond donors (Lipinski definition) is 2. The maximum Gasteiger partial charge on any atom is 0.255 e. The van der Waals surface area contributed by atoms with E-state index in [0.29, 0.717) is 24.8 Å². The van der Waals surface area contributed by atoms with Crippen molar-refractivity contribution in [1.29, 1.82) is 0 Å². The first-order chi connectivity index (χ1) is 13.6. The van der Waals surface area contributed by atoms with Crippen LogP contribution in [0.4, 0.5) is 11.4 Å². The zero-order chi connectivity index (χ0) is 19.9. The summed E-state index contributed by atoms with van der Waals surface area (Å²) in [4.78, 5) is 17.4. The second-order valence-corrected chi connectivity index (χ2v) is 7.28. The summed E-state index contributed by atoms with van der Waals surface area (Å²) in [6.45, 7) is 9.61. The number of nitrogens with zero attached hydrogens (tertiary/aromatic N) is 2. The molecule has 0 spiro atoms. The van der Waals surface area contributed by atoms with Gasteiger partial charge in [-0.3, -0.25) is 9.69 Å². The molecule has 2 aromatic carbocycles. The fourth-order valence-corrected chi connectivity index (χ4v) is 3.33. The number of anilines is 2. The Labute approximate surface area is 191 Å². The third kappa shape index (κ3) is 7.06. The quantitative estimate of drug-likeness (QED) is 0.667. The molecule has 0 aromatic heterocycles. The molecule has 3 rings (SSSR count). The monoisotopic (exact) mass is 454 g/mol. The number of nitrogens with one attached hydrogen (secondary N) is 1. The Bertz CT molecular complexity index is 762. The Kier molecular flexibility index (Phi) is 11.0. The van der Waals surface area contributed by atoms with Crippen molar-refractivity contribution in [3.05, 3.63) is 54.1 Å². The lowest BCUT2D eigenvalue weighted by Gasteiger charge is -2.38. The molecular formula is C22H32Cl2N4O2. The van der Waals surface area contributed by atoms with E-state index in [9.17, 15) is 4.79 Å². The molecule has 1 heterocycles. The lowest BCUT2D eigenvalue weighted by Crippen LogP contribution is -2.48. The van der Waals surface area contributed by atoms with E-state index in [1.807, 2.05) is 48.5 Å². The van der Waals surface area contributed by atoms with Crippen molar-refractivity contribution in [2.75, 3.05) is 49.5 Å². The molecule has 1 aliphatic rings. The van der Waals surface area contributed by atoms with Crippen molar-refractivity contribution in [1.82, 2.24) is 4.90 Å². The van der Waals surface area contributed by atoms with Crippen LogP contribution in [0, 0.1) is 0 Å². The standard InChI is InChI=1S/C22H30N4O2.2ClH/c1-17(2)25-12-14-26(15-13-25)20-7-3-18(4-8-20)22(27)24-19-5-9-21(10-6-19)28-16-11-23;;/h3-10,17H,11-16,23H2,1-2H3,(H,24,27);2*1H. The number of ether oxygens (including phenoxy) is 1. The molecule has 6 nitrogen and oxygen atoms in total. The van der Waals surface area contributed by atoms with Gasteiger partial charge in [-0.15, -0.1) is 24.8 Å². The topological polar surface area (TPSA) is 70.8 Å². The van der Waals surface area contributed by atoms with Crippen molar-refractivity contribution < 1.29 is 9.53 Å². The summed E-state index contributed by atoms with van der Waals surface area (Å²) in [5.41, 5.74) is 7.97. The van der Waals surface area contributed by atoms with Gasteiger partial charge in [0.15, 0.2) is 0 Å². The van der Waals surface area contributed by atoms with Gasteiger partial charge in [-0.2, -0.15) is 0 Å². The average Bonchev–Trinajstić information content (AvgIpc) is 2.73. The number of amides is 1. The average molecular weight is 455 g/mol. The summed E-state index contributed by atoms with van der Waals surface area (Å²) >= 11 is 0. The van der Waals surface area contributed by atoms with Gasteiger partial charge >= 0.3 is 0 Å². The van der Waals surface area contributed by atoms with E-state index in [0.717, 1.165) is 37.6 Å². The van der Waals surface area contributed by atoms with Crippen LogP contribution in [0.3, 0.4) is 0 Å². The van der Waals surface area contributed by atoms with Crippen LogP contribution in [-0.2, 0) is 0 Å². The molecule has 0 atom stereocenters. The summed E-state index contributed by atoms with van der Waals surface area (Å²) < 4.78 is 5.44. The first-order valence-corrected chi connectivity index (χ1v) is 9.90. The first-order valence-electron chi connectivity index (χ1n) is 9.90. The molecule has 30 heavy (non-hydrogen) atoms. The van der Waals surface area contributed by atoms with Gasteiger partial charge in [0.1, 0.15) is 12.4 Å². The number of carbonyl (C=O) groups excluding carboxylic acids is 1. The van der Waals surface area contributed by atoms with Crippen molar-refractivity contribution >= 4 is 42.1 Å². The third-order valence-corrected chi connectivity index (χ3v) is 5.04. The summed E-state index contributed by atoms with van der Waals surface area (Å²) in [6, 6.07) is 15.7. The van der Waals surface area contributed by atoms with Gasteiger partial charge < -0.3 is 20.7 Å². The van der Waals surface area contributed by atoms with E-state index in [4.69, 9.17) is 10.5 Å². The molecule has 2 aromatic rings. The van der Waals surface area contributed by atoms with Gasteiger partial charge in [-0.1, -0.05) is 0 Å². The maximum absolute atomic E-state index is 12.5. The fraction of sp³-hybridized carbons (Fsp3) is 0.409. The molecular weight excluding hydrogens is 423 g/mol. The van der Waals surface area contributed by atoms with Crippen LogP contribution in [0.1, 0.15) is 24.2 Å². The van der Waals surface area contributed by atoms with Crippen molar-refractivity contribution in [2.45, 2.75) is 19.9 Å². The van der Waals surface area contributed by atoms with Crippen LogP contribution in [0.5, 0.6) is 5.75 Å². The molecule has 0 saturated carbocycles. The summed E-state index contributed by atoms with van der Waals surface area (Å²) in [5, 5.41) is 2.92. The molecule has 3 N–H and O–H groups in total. The first kappa shape index (κ1) is 26.0. The number of carbonyl (C=O) groups is 1. The van der Waals surface area contributed by atoms with E-state index in [1.165, 1.54) is 5.69 Å².